The fraction of sp³-hybridized carbons (Fsp3) is 0.278. The number of rotatable bonds is 3. The molecule has 1 atom stereocenters. The van der Waals surface area contributed by atoms with Gasteiger partial charge in [0.1, 0.15) is 5.69 Å². The summed E-state index contributed by atoms with van der Waals surface area (Å²) in [5, 5.41) is 12.4. The van der Waals surface area contributed by atoms with Crippen LogP contribution in [0.15, 0.2) is 30.6 Å². The van der Waals surface area contributed by atoms with Crippen molar-refractivity contribution in [2.75, 3.05) is 12.8 Å². The van der Waals surface area contributed by atoms with E-state index in [-0.39, 0.29) is 22.7 Å². The lowest BCUT2D eigenvalue weighted by Crippen LogP contribution is -2.39. The third-order valence-electron chi connectivity index (χ3n) is 4.61. The molecule has 2 aromatic heterocycles. The summed E-state index contributed by atoms with van der Waals surface area (Å²) < 4.78 is 41.2. The van der Waals surface area contributed by atoms with Crippen LogP contribution in [0.5, 0.6) is 0 Å². The number of carbonyl (C=O) groups excluding carboxylic acids is 1. The third kappa shape index (κ3) is 3.05. The zero-order valence-corrected chi connectivity index (χ0v) is 15.3. The number of halogens is 3. The number of benzene rings is 1. The van der Waals surface area contributed by atoms with E-state index < -0.39 is 17.7 Å². The number of nitrogens with one attached hydrogen (secondary N) is 1. The number of nitrogens with two attached hydrogens (primary N) is 1. The molecule has 1 aromatic carbocycles. The number of anilines is 1. The SMILES string of the molecule is CNC(=O)c1cn2c(-c3cc(C(C)(O)C(F)(F)F)ccc3C)cnc2c(N)n1. The summed E-state index contributed by atoms with van der Waals surface area (Å²) in [6.45, 7) is 2.41. The molecule has 0 fully saturated rings. The predicted octanol–water partition coefficient (Wildman–Crippen LogP) is 2.42. The number of fused-ring (bicyclic) bond motifs is 1. The molecule has 28 heavy (non-hydrogen) atoms. The first-order chi connectivity index (χ1) is 13.0. The molecule has 0 spiro atoms. The normalized spacial score (nSPS) is 14.1. The molecule has 3 rings (SSSR count). The van der Waals surface area contributed by atoms with Crippen molar-refractivity contribution in [1.29, 1.82) is 0 Å². The van der Waals surface area contributed by atoms with Crippen molar-refractivity contribution in [1.82, 2.24) is 19.7 Å². The molecular weight excluding hydrogens is 375 g/mol. The summed E-state index contributed by atoms with van der Waals surface area (Å²) in [7, 11) is 1.44. The van der Waals surface area contributed by atoms with Gasteiger partial charge < -0.3 is 16.2 Å². The molecule has 10 heteroatoms. The van der Waals surface area contributed by atoms with E-state index in [0.717, 1.165) is 0 Å². The molecule has 4 N–H and O–H groups in total. The zero-order chi connectivity index (χ0) is 20.9. The van der Waals surface area contributed by atoms with Crippen LogP contribution in [0.2, 0.25) is 0 Å². The Balaban J connectivity index is 2.24. The van der Waals surface area contributed by atoms with E-state index in [0.29, 0.717) is 23.7 Å². The summed E-state index contributed by atoms with van der Waals surface area (Å²) in [4.78, 5) is 20.1. The number of nitrogens with zero attached hydrogens (tertiary/aromatic N) is 3. The van der Waals surface area contributed by atoms with Crippen LogP contribution in [-0.2, 0) is 5.60 Å². The van der Waals surface area contributed by atoms with Crippen LogP contribution in [0.1, 0.15) is 28.5 Å². The number of amides is 1. The summed E-state index contributed by atoms with van der Waals surface area (Å²) >= 11 is 0. The lowest BCUT2D eigenvalue weighted by molar-refractivity contribution is -0.258. The van der Waals surface area contributed by atoms with Gasteiger partial charge >= 0.3 is 6.18 Å². The van der Waals surface area contributed by atoms with Gasteiger partial charge in [0, 0.05) is 18.8 Å². The van der Waals surface area contributed by atoms with E-state index in [9.17, 15) is 23.1 Å². The maximum absolute atomic E-state index is 13.2. The fourth-order valence-corrected chi connectivity index (χ4v) is 2.81. The maximum Gasteiger partial charge on any atom is 0.421 e. The number of aryl methyl sites for hydroxylation is 1. The van der Waals surface area contributed by atoms with Gasteiger partial charge in [-0.1, -0.05) is 12.1 Å². The van der Waals surface area contributed by atoms with Crippen molar-refractivity contribution >= 4 is 17.4 Å². The van der Waals surface area contributed by atoms with E-state index in [2.05, 4.69) is 15.3 Å². The van der Waals surface area contributed by atoms with Crippen LogP contribution < -0.4 is 11.1 Å². The van der Waals surface area contributed by atoms with E-state index in [4.69, 9.17) is 5.73 Å². The molecule has 0 aliphatic heterocycles. The number of aromatic nitrogens is 3. The van der Waals surface area contributed by atoms with Crippen molar-refractivity contribution in [3.63, 3.8) is 0 Å². The average molecular weight is 393 g/mol. The first kappa shape index (κ1) is 19.6. The van der Waals surface area contributed by atoms with Gasteiger partial charge in [-0.05, 0) is 31.0 Å². The van der Waals surface area contributed by atoms with E-state index in [1.165, 1.54) is 42.0 Å². The highest BCUT2D eigenvalue weighted by Crippen LogP contribution is 2.40. The lowest BCUT2D eigenvalue weighted by atomic mass is 9.91. The van der Waals surface area contributed by atoms with Gasteiger partial charge in [-0.15, -0.1) is 0 Å². The molecule has 0 saturated carbocycles. The monoisotopic (exact) mass is 393 g/mol. The Kier molecular flexibility index (Phi) is 4.54. The molecule has 0 aliphatic carbocycles. The van der Waals surface area contributed by atoms with Crippen molar-refractivity contribution in [2.24, 2.45) is 0 Å². The average Bonchev–Trinajstić information content (AvgIpc) is 3.04. The van der Waals surface area contributed by atoms with Crippen LogP contribution in [0, 0.1) is 6.92 Å². The van der Waals surface area contributed by atoms with Crippen LogP contribution in [0.25, 0.3) is 16.9 Å². The Hall–Kier alpha value is -3.14. The Morgan fingerprint density at radius 1 is 1.32 bits per heavy atom. The topological polar surface area (TPSA) is 106 Å². The van der Waals surface area contributed by atoms with Crippen LogP contribution in [0.4, 0.5) is 19.0 Å². The lowest BCUT2D eigenvalue weighted by Gasteiger charge is -2.27. The zero-order valence-electron chi connectivity index (χ0n) is 15.3. The molecule has 0 bridgehead atoms. The van der Waals surface area contributed by atoms with Crippen LogP contribution >= 0.6 is 0 Å². The Labute approximate surface area is 158 Å². The standard InChI is InChI=1S/C18H18F3N5O2/c1-9-4-5-10(17(2,28)18(19,20)21)6-11(9)13-7-24-15-14(22)25-12(8-26(13)15)16(27)23-3/h4-8,28H,1-3H3,(H2,22,25)(H,23,27). The number of hydrogen-bond acceptors (Lipinski definition) is 5. The molecule has 0 saturated heterocycles. The van der Waals surface area contributed by atoms with Gasteiger partial charge in [-0.25, -0.2) is 9.97 Å². The summed E-state index contributed by atoms with van der Waals surface area (Å²) in [6.07, 6.45) is -2.02. The minimum absolute atomic E-state index is 0.00319. The van der Waals surface area contributed by atoms with Crippen molar-refractivity contribution < 1.29 is 23.1 Å². The maximum atomic E-state index is 13.2. The number of imidazole rings is 1. The van der Waals surface area contributed by atoms with E-state index >= 15 is 0 Å². The largest absolute Gasteiger partial charge is 0.421 e. The predicted molar refractivity (Wildman–Crippen MR) is 96.6 cm³/mol. The number of hydrogen-bond donors (Lipinski definition) is 3. The fourth-order valence-electron chi connectivity index (χ4n) is 2.81. The smallest absolute Gasteiger partial charge is 0.381 e. The van der Waals surface area contributed by atoms with Gasteiger partial charge in [-0.2, -0.15) is 13.2 Å². The second kappa shape index (κ2) is 6.48. The summed E-state index contributed by atoms with van der Waals surface area (Å²) in [5.74, 6) is -0.470. The summed E-state index contributed by atoms with van der Waals surface area (Å²) in [5.41, 5.74) is 4.29. The molecule has 7 nitrogen and oxygen atoms in total. The molecule has 148 valence electrons. The van der Waals surface area contributed by atoms with Gasteiger partial charge in [0.2, 0.25) is 0 Å². The van der Waals surface area contributed by atoms with E-state index in [1.807, 2.05) is 0 Å². The summed E-state index contributed by atoms with van der Waals surface area (Å²) in [6, 6.07) is 3.96. The number of nitrogen functional groups attached to an aromatic ring is 1. The highest BCUT2D eigenvalue weighted by Gasteiger charge is 2.51. The van der Waals surface area contributed by atoms with Gasteiger partial charge in [-0.3, -0.25) is 9.20 Å². The van der Waals surface area contributed by atoms with Crippen LogP contribution in [0.3, 0.4) is 0 Å². The second-order valence-corrected chi connectivity index (χ2v) is 6.53. The highest BCUT2D eigenvalue weighted by atomic mass is 19.4. The van der Waals surface area contributed by atoms with Gasteiger partial charge in [0.15, 0.2) is 17.1 Å². The van der Waals surface area contributed by atoms with E-state index in [1.54, 1.807) is 6.92 Å². The highest BCUT2D eigenvalue weighted by molar-refractivity contribution is 5.93. The first-order valence-electron chi connectivity index (χ1n) is 8.23. The third-order valence-corrected chi connectivity index (χ3v) is 4.61. The second-order valence-electron chi connectivity index (χ2n) is 6.53. The van der Waals surface area contributed by atoms with Crippen molar-refractivity contribution in [3.8, 4) is 11.3 Å². The molecule has 0 aliphatic rings. The first-order valence-corrected chi connectivity index (χ1v) is 8.23. The van der Waals surface area contributed by atoms with Gasteiger partial charge in [0.05, 0.1) is 11.9 Å². The Morgan fingerprint density at radius 3 is 2.61 bits per heavy atom. The molecule has 3 aromatic rings. The molecule has 0 radical (unpaired) electrons. The van der Waals surface area contributed by atoms with Crippen molar-refractivity contribution in [3.05, 3.63) is 47.4 Å². The molecule has 1 amide bonds. The number of carbonyl (C=O) groups is 1. The van der Waals surface area contributed by atoms with Gasteiger partial charge in [0.25, 0.3) is 5.91 Å². The van der Waals surface area contributed by atoms with Crippen molar-refractivity contribution in [2.45, 2.75) is 25.6 Å². The molecular formula is C18H18F3N5O2. The molecule has 2 heterocycles. The quantitative estimate of drug-likeness (QED) is 0.634. The minimum Gasteiger partial charge on any atom is -0.381 e. The number of alkyl halides is 3. The van der Waals surface area contributed by atoms with Crippen LogP contribution in [-0.4, -0.2) is 38.6 Å². The Bertz CT molecular complexity index is 1070. The molecule has 1 unspecified atom stereocenters. The Morgan fingerprint density at radius 2 is 2.00 bits per heavy atom. The minimum atomic E-state index is -4.85. The number of aliphatic hydroxyl groups is 1.